The van der Waals surface area contributed by atoms with Crippen LogP contribution in [0.3, 0.4) is 0 Å². The summed E-state index contributed by atoms with van der Waals surface area (Å²) in [5, 5.41) is 0. The van der Waals surface area contributed by atoms with Gasteiger partial charge in [0.25, 0.3) is 0 Å². The van der Waals surface area contributed by atoms with Crippen molar-refractivity contribution >= 4 is 12.4 Å². The van der Waals surface area contributed by atoms with Gasteiger partial charge in [0.1, 0.15) is 0 Å². The Morgan fingerprint density at radius 3 is 1.34 bits per heavy atom. The van der Waals surface area contributed by atoms with Gasteiger partial charge in [0.2, 0.25) is 0 Å². The molecule has 2 heteroatoms. The van der Waals surface area contributed by atoms with Gasteiger partial charge in [-0.15, -0.1) is 12.4 Å². The number of nitrogens with zero attached hydrogens (tertiary/aromatic N) is 1. The molecule has 1 aromatic rings. The van der Waals surface area contributed by atoms with Crippen LogP contribution < -0.4 is 0 Å². The highest BCUT2D eigenvalue weighted by molar-refractivity contribution is 5.85. The van der Waals surface area contributed by atoms with Crippen LogP contribution in [0, 0.1) is 6.92 Å². The molecule has 0 heterocycles. The lowest BCUT2D eigenvalue weighted by molar-refractivity contribution is 0.389. The molecule has 170 valence electrons. The van der Waals surface area contributed by atoms with Gasteiger partial charge < -0.3 is 4.90 Å². The number of hydrogen-bond acceptors (Lipinski definition) is 1. The molecular weight excluding hydrogens is 374 g/mol. The minimum absolute atomic E-state index is 0. The van der Waals surface area contributed by atoms with Crippen molar-refractivity contribution in [2.75, 3.05) is 20.6 Å². The molecule has 0 bridgehead atoms. The topological polar surface area (TPSA) is 3.24 Å². The van der Waals surface area contributed by atoms with Gasteiger partial charge in [-0.3, -0.25) is 0 Å². The number of halogens is 1. The van der Waals surface area contributed by atoms with E-state index in [0.717, 1.165) is 0 Å². The Kier molecular flexibility index (Phi) is 20.4. The summed E-state index contributed by atoms with van der Waals surface area (Å²) in [5.74, 6) is 0. The van der Waals surface area contributed by atoms with E-state index in [-0.39, 0.29) is 12.4 Å². The van der Waals surface area contributed by atoms with Crippen LogP contribution in [0.4, 0.5) is 0 Å². The smallest absolute Gasteiger partial charge is 0.00248 e. The Morgan fingerprint density at radius 1 is 0.552 bits per heavy atom. The summed E-state index contributed by atoms with van der Waals surface area (Å²) in [6, 6.07) is 8.86. The molecule has 1 nitrogen and oxygen atoms in total. The van der Waals surface area contributed by atoms with Gasteiger partial charge in [-0.25, -0.2) is 0 Å². The first kappa shape index (κ1) is 28.5. The Labute approximate surface area is 189 Å². The summed E-state index contributed by atoms with van der Waals surface area (Å²) >= 11 is 0. The molecule has 0 aliphatic rings. The molecule has 29 heavy (non-hydrogen) atoms. The van der Waals surface area contributed by atoms with Gasteiger partial charge in [-0.2, -0.15) is 0 Å². The third-order valence-electron chi connectivity index (χ3n) is 6.06. The highest BCUT2D eigenvalue weighted by Gasteiger charge is 1.98. The molecule has 1 aromatic carbocycles. The van der Waals surface area contributed by atoms with Crippen LogP contribution in [0.5, 0.6) is 0 Å². The third-order valence-corrected chi connectivity index (χ3v) is 6.06. The lowest BCUT2D eigenvalue weighted by atomic mass is 10.0. The molecule has 0 N–H and O–H groups in total. The molecule has 0 amide bonds. The molecule has 0 saturated heterocycles. The Bertz CT molecular complexity index is 458. The first-order chi connectivity index (χ1) is 13.7. The second kappa shape index (κ2) is 20.7. The molecule has 0 saturated carbocycles. The molecule has 0 aliphatic carbocycles. The predicted molar refractivity (Wildman–Crippen MR) is 135 cm³/mol. The number of hydrogen-bond donors (Lipinski definition) is 0. The second-order valence-corrected chi connectivity index (χ2v) is 9.14. The van der Waals surface area contributed by atoms with Gasteiger partial charge in [0.15, 0.2) is 0 Å². The first-order valence-corrected chi connectivity index (χ1v) is 12.4. The summed E-state index contributed by atoms with van der Waals surface area (Å²) < 4.78 is 0. The van der Waals surface area contributed by atoms with Gasteiger partial charge in [0, 0.05) is 0 Å². The fraction of sp³-hybridized carbons (Fsp3) is 0.778. The van der Waals surface area contributed by atoms with E-state index < -0.39 is 0 Å². The van der Waals surface area contributed by atoms with Crippen molar-refractivity contribution in [3.05, 3.63) is 35.4 Å². The molecule has 0 atom stereocenters. The lowest BCUT2D eigenvalue weighted by Gasteiger charge is -2.08. The average Bonchev–Trinajstić information content (AvgIpc) is 2.68. The van der Waals surface area contributed by atoms with Crippen LogP contribution in [0.2, 0.25) is 0 Å². The second-order valence-electron chi connectivity index (χ2n) is 9.14. The predicted octanol–water partition coefficient (Wildman–Crippen LogP) is 8.76. The maximum absolute atomic E-state index is 2.30. The zero-order chi connectivity index (χ0) is 20.3. The van der Waals surface area contributed by atoms with E-state index in [1.807, 2.05) is 0 Å². The van der Waals surface area contributed by atoms with Gasteiger partial charge in [-0.05, 0) is 58.0 Å². The third kappa shape index (κ3) is 18.0. The Balaban J connectivity index is 0.00000784. The molecule has 0 unspecified atom stereocenters. The van der Waals surface area contributed by atoms with Gasteiger partial charge in [-0.1, -0.05) is 114 Å². The van der Waals surface area contributed by atoms with Crippen LogP contribution in [0.1, 0.15) is 114 Å². The maximum Gasteiger partial charge on any atom is -0.00248 e. The van der Waals surface area contributed by atoms with Crippen molar-refractivity contribution in [1.82, 2.24) is 4.90 Å². The van der Waals surface area contributed by atoms with Crippen LogP contribution in [-0.4, -0.2) is 25.5 Å². The zero-order valence-corrected chi connectivity index (χ0v) is 20.7. The highest BCUT2D eigenvalue weighted by Crippen LogP contribution is 2.15. The monoisotopic (exact) mass is 423 g/mol. The summed E-state index contributed by atoms with van der Waals surface area (Å²) in [4.78, 5) is 2.30. The van der Waals surface area contributed by atoms with E-state index in [1.54, 1.807) is 5.56 Å². The summed E-state index contributed by atoms with van der Waals surface area (Å²) in [6.07, 6.45) is 24.3. The van der Waals surface area contributed by atoms with Crippen LogP contribution in [0.15, 0.2) is 24.3 Å². The molecule has 0 fully saturated rings. The minimum Gasteiger partial charge on any atom is -0.309 e. The minimum atomic E-state index is 0. The van der Waals surface area contributed by atoms with Gasteiger partial charge >= 0.3 is 0 Å². The van der Waals surface area contributed by atoms with Crippen LogP contribution in [0.25, 0.3) is 0 Å². The van der Waals surface area contributed by atoms with E-state index >= 15 is 0 Å². The Morgan fingerprint density at radius 2 is 0.931 bits per heavy atom. The SMILES string of the molecule is Cc1ccccc1CCCCCCCCCCCCCCCCCCN(C)C.Cl. The van der Waals surface area contributed by atoms with E-state index in [9.17, 15) is 0 Å². The largest absolute Gasteiger partial charge is 0.309 e. The number of aryl methyl sites for hydroxylation is 2. The fourth-order valence-corrected chi connectivity index (χ4v) is 4.11. The van der Waals surface area contributed by atoms with Crippen LogP contribution in [-0.2, 0) is 6.42 Å². The van der Waals surface area contributed by atoms with Crippen molar-refractivity contribution in [2.24, 2.45) is 0 Å². The van der Waals surface area contributed by atoms with Crippen molar-refractivity contribution in [3.8, 4) is 0 Å². The zero-order valence-electron chi connectivity index (χ0n) is 19.9. The number of unbranched alkanes of at least 4 members (excludes halogenated alkanes) is 15. The summed E-state index contributed by atoms with van der Waals surface area (Å²) in [7, 11) is 4.35. The molecule has 1 rings (SSSR count). The summed E-state index contributed by atoms with van der Waals surface area (Å²) in [5.41, 5.74) is 3.01. The molecule has 0 spiro atoms. The average molecular weight is 424 g/mol. The molecular formula is C27H50ClN. The van der Waals surface area contributed by atoms with E-state index in [1.165, 1.54) is 121 Å². The van der Waals surface area contributed by atoms with E-state index in [4.69, 9.17) is 0 Å². The molecule has 0 aliphatic heterocycles. The molecule has 0 radical (unpaired) electrons. The standard InChI is InChI=1S/C27H49N.ClH/c1-26-22-19-20-24-27(26)23-18-16-14-12-10-8-6-4-5-7-9-11-13-15-17-21-25-28(2)3;/h19-20,22,24H,4-18,21,23,25H2,1-3H3;1H. The first-order valence-electron chi connectivity index (χ1n) is 12.4. The lowest BCUT2D eigenvalue weighted by Crippen LogP contribution is -2.12. The Hall–Kier alpha value is -0.530. The maximum atomic E-state index is 2.30. The normalized spacial score (nSPS) is 11.0. The van der Waals surface area contributed by atoms with E-state index in [2.05, 4.69) is 50.2 Å². The number of benzene rings is 1. The van der Waals surface area contributed by atoms with Crippen molar-refractivity contribution in [3.63, 3.8) is 0 Å². The van der Waals surface area contributed by atoms with E-state index in [0.29, 0.717) is 0 Å². The van der Waals surface area contributed by atoms with Crippen LogP contribution >= 0.6 is 12.4 Å². The highest BCUT2D eigenvalue weighted by atomic mass is 35.5. The fourth-order valence-electron chi connectivity index (χ4n) is 4.11. The van der Waals surface area contributed by atoms with Crippen molar-refractivity contribution < 1.29 is 0 Å². The van der Waals surface area contributed by atoms with Gasteiger partial charge in [0.05, 0.1) is 0 Å². The van der Waals surface area contributed by atoms with Crippen molar-refractivity contribution in [1.29, 1.82) is 0 Å². The number of rotatable bonds is 19. The summed E-state index contributed by atoms with van der Waals surface area (Å²) in [6.45, 7) is 3.50. The van der Waals surface area contributed by atoms with Crippen molar-refractivity contribution in [2.45, 2.75) is 116 Å². The quantitative estimate of drug-likeness (QED) is 0.201. The molecule has 0 aromatic heterocycles.